The first-order valence-electron chi connectivity index (χ1n) is 3.55. The zero-order chi connectivity index (χ0) is 7.14. The number of aliphatic hydroxyl groups excluding tert-OH is 1. The summed E-state index contributed by atoms with van der Waals surface area (Å²) in [5, 5.41) is 9.22. The van der Waals surface area contributed by atoms with Gasteiger partial charge < -0.3 is 5.11 Å². The summed E-state index contributed by atoms with van der Waals surface area (Å²) in [6.45, 7) is 2.09. The Morgan fingerprint density at radius 1 is 1.50 bits per heavy atom. The summed E-state index contributed by atoms with van der Waals surface area (Å²) in [5.74, 6) is 0. The number of hydrogen-bond donors (Lipinski definition) is 1. The summed E-state index contributed by atoms with van der Waals surface area (Å²) in [5.41, 5.74) is 3.78. The Hall–Kier alpha value is -0.820. The highest BCUT2D eigenvalue weighted by atomic mass is 16.3. The van der Waals surface area contributed by atoms with Crippen molar-refractivity contribution in [2.24, 2.45) is 0 Å². The fraction of sp³-hybridized carbons (Fsp3) is 0.333. The van der Waals surface area contributed by atoms with Gasteiger partial charge in [0.15, 0.2) is 0 Å². The molecule has 1 unspecified atom stereocenters. The quantitative estimate of drug-likeness (QED) is 0.571. The van der Waals surface area contributed by atoms with Crippen molar-refractivity contribution in [2.45, 2.75) is 19.4 Å². The minimum absolute atomic E-state index is 0.185. The lowest BCUT2D eigenvalue weighted by atomic mass is 9.83. The van der Waals surface area contributed by atoms with Gasteiger partial charge in [0, 0.05) is 6.42 Å². The maximum atomic E-state index is 9.22. The third-order valence-corrected chi connectivity index (χ3v) is 2.20. The molecule has 1 atom stereocenters. The van der Waals surface area contributed by atoms with Gasteiger partial charge in [-0.25, -0.2) is 0 Å². The van der Waals surface area contributed by atoms with E-state index in [1.165, 1.54) is 11.1 Å². The monoisotopic (exact) mass is 134 g/mol. The predicted molar refractivity (Wildman–Crippen MR) is 39.8 cm³/mol. The molecule has 0 saturated heterocycles. The van der Waals surface area contributed by atoms with E-state index < -0.39 is 0 Å². The van der Waals surface area contributed by atoms with Gasteiger partial charge in [-0.05, 0) is 23.6 Å². The molecular formula is C9H10O. The van der Waals surface area contributed by atoms with Gasteiger partial charge in [0.25, 0.3) is 0 Å². The first-order chi connectivity index (χ1) is 4.79. The van der Waals surface area contributed by atoms with Crippen LogP contribution in [0.1, 0.15) is 22.8 Å². The molecular weight excluding hydrogens is 124 g/mol. The highest BCUT2D eigenvalue weighted by Gasteiger charge is 2.24. The van der Waals surface area contributed by atoms with Crippen molar-refractivity contribution < 1.29 is 5.11 Å². The van der Waals surface area contributed by atoms with E-state index in [0.29, 0.717) is 0 Å². The molecule has 2 rings (SSSR count). The van der Waals surface area contributed by atoms with E-state index in [9.17, 15) is 5.11 Å². The Morgan fingerprint density at radius 2 is 2.30 bits per heavy atom. The van der Waals surface area contributed by atoms with Gasteiger partial charge in [-0.3, -0.25) is 0 Å². The number of aryl methyl sites for hydroxylation is 1. The van der Waals surface area contributed by atoms with Gasteiger partial charge in [-0.2, -0.15) is 0 Å². The molecule has 0 aromatic heterocycles. The third kappa shape index (κ3) is 0.611. The fourth-order valence-electron chi connectivity index (χ4n) is 1.49. The summed E-state index contributed by atoms with van der Waals surface area (Å²) in [4.78, 5) is 0. The summed E-state index contributed by atoms with van der Waals surface area (Å²) >= 11 is 0. The van der Waals surface area contributed by atoms with Crippen LogP contribution in [0.4, 0.5) is 0 Å². The van der Waals surface area contributed by atoms with Crippen LogP contribution in [-0.2, 0) is 6.42 Å². The zero-order valence-corrected chi connectivity index (χ0v) is 5.96. The molecule has 0 radical (unpaired) electrons. The molecule has 0 heterocycles. The molecule has 0 aliphatic heterocycles. The molecule has 0 amide bonds. The van der Waals surface area contributed by atoms with E-state index in [2.05, 4.69) is 13.0 Å². The zero-order valence-electron chi connectivity index (χ0n) is 5.96. The minimum Gasteiger partial charge on any atom is -0.388 e. The molecule has 1 aliphatic carbocycles. The van der Waals surface area contributed by atoms with E-state index in [4.69, 9.17) is 0 Å². The molecule has 52 valence electrons. The normalized spacial score (nSPS) is 21.6. The molecule has 1 aliphatic rings. The van der Waals surface area contributed by atoms with Crippen molar-refractivity contribution in [1.29, 1.82) is 0 Å². The first-order valence-corrected chi connectivity index (χ1v) is 3.55. The van der Waals surface area contributed by atoms with Gasteiger partial charge in [0.1, 0.15) is 0 Å². The maximum absolute atomic E-state index is 9.22. The van der Waals surface area contributed by atoms with Gasteiger partial charge in [0.2, 0.25) is 0 Å². The van der Waals surface area contributed by atoms with Crippen molar-refractivity contribution in [2.75, 3.05) is 0 Å². The average Bonchev–Trinajstić information content (AvgIpc) is 1.91. The van der Waals surface area contributed by atoms with Crippen molar-refractivity contribution in [1.82, 2.24) is 0 Å². The van der Waals surface area contributed by atoms with E-state index in [-0.39, 0.29) is 6.10 Å². The van der Waals surface area contributed by atoms with Crippen LogP contribution in [-0.4, -0.2) is 5.11 Å². The lowest BCUT2D eigenvalue weighted by molar-refractivity contribution is 0.153. The lowest BCUT2D eigenvalue weighted by Gasteiger charge is -2.26. The molecule has 10 heavy (non-hydrogen) atoms. The Kier molecular flexibility index (Phi) is 1.08. The highest BCUT2D eigenvalue weighted by molar-refractivity contribution is 5.43. The second-order valence-electron chi connectivity index (χ2n) is 2.86. The minimum atomic E-state index is -0.185. The lowest BCUT2D eigenvalue weighted by Crippen LogP contribution is -2.17. The number of rotatable bonds is 0. The summed E-state index contributed by atoms with van der Waals surface area (Å²) in [7, 11) is 0. The van der Waals surface area contributed by atoms with Crippen LogP contribution in [0.25, 0.3) is 0 Å². The molecule has 1 nitrogen and oxygen atoms in total. The van der Waals surface area contributed by atoms with Gasteiger partial charge in [0.05, 0.1) is 6.10 Å². The van der Waals surface area contributed by atoms with E-state index >= 15 is 0 Å². The average molecular weight is 134 g/mol. The van der Waals surface area contributed by atoms with Crippen LogP contribution in [0.3, 0.4) is 0 Å². The number of benzene rings is 1. The van der Waals surface area contributed by atoms with E-state index in [1.807, 2.05) is 12.1 Å². The smallest absolute Gasteiger partial charge is 0.0833 e. The SMILES string of the molecule is Cc1cccc2c1CC2O. The second kappa shape index (κ2) is 1.83. The van der Waals surface area contributed by atoms with Crippen molar-refractivity contribution in [3.8, 4) is 0 Å². The van der Waals surface area contributed by atoms with Crippen molar-refractivity contribution in [3.63, 3.8) is 0 Å². The molecule has 0 spiro atoms. The van der Waals surface area contributed by atoms with E-state index in [0.717, 1.165) is 12.0 Å². The second-order valence-corrected chi connectivity index (χ2v) is 2.86. The van der Waals surface area contributed by atoms with Crippen LogP contribution >= 0.6 is 0 Å². The Labute approximate surface area is 60.3 Å². The molecule has 1 aromatic rings. The summed E-state index contributed by atoms with van der Waals surface area (Å²) in [6, 6.07) is 6.08. The molecule has 0 saturated carbocycles. The Balaban J connectivity index is 2.56. The summed E-state index contributed by atoms with van der Waals surface area (Å²) in [6.07, 6.45) is 0.664. The Morgan fingerprint density at radius 3 is 2.90 bits per heavy atom. The predicted octanol–water partition coefficient (Wildman–Crippen LogP) is 1.58. The van der Waals surface area contributed by atoms with Crippen LogP contribution in [0, 0.1) is 6.92 Å². The molecule has 1 N–H and O–H groups in total. The number of fused-ring (bicyclic) bond motifs is 1. The topological polar surface area (TPSA) is 20.2 Å². The third-order valence-electron chi connectivity index (χ3n) is 2.20. The standard InChI is InChI=1S/C9H10O/c1-6-3-2-4-7-8(6)5-9(7)10/h2-4,9-10H,5H2,1H3. The van der Waals surface area contributed by atoms with E-state index in [1.54, 1.807) is 0 Å². The van der Waals surface area contributed by atoms with Crippen LogP contribution in [0.5, 0.6) is 0 Å². The molecule has 1 heteroatoms. The van der Waals surface area contributed by atoms with Gasteiger partial charge in [-0.1, -0.05) is 18.2 Å². The summed E-state index contributed by atoms with van der Waals surface area (Å²) < 4.78 is 0. The highest BCUT2D eigenvalue weighted by Crippen LogP contribution is 2.34. The molecule has 0 fully saturated rings. The maximum Gasteiger partial charge on any atom is 0.0833 e. The van der Waals surface area contributed by atoms with Crippen molar-refractivity contribution >= 4 is 0 Å². The molecule has 1 aromatic carbocycles. The van der Waals surface area contributed by atoms with Crippen molar-refractivity contribution in [3.05, 3.63) is 34.9 Å². The largest absolute Gasteiger partial charge is 0.388 e. The van der Waals surface area contributed by atoms with Gasteiger partial charge >= 0.3 is 0 Å². The fourth-order valence-corrected chi connectivity index (χ4v) is 1.49. The number of hydrogen-bond acceptors (Lipinski definition) is 1. The van der Waals surface area contributed by atoms with Crippen LogP contribution < -0.4 is 0 Å². The molecule has 0 bridgehead atoms. The van der Waals surface area contributed by atoms with Crippen LogP contribution in [0.2, 0.25) is 0 Å². The van der Waals surface area contributed by atoms with Gasteiger partial charge in [-0.15, -0.1) is 0 Å². The Bertz CT molecular complexity index is 265. The van der Waals surface area contributed by atoms with Crippen LogP contribution in [0.15, 0.2) is 18.2 Å². The first kappa shape index (κ1) is 5.93. The number of aliphatic hydroxyl groups is 1.